The Balaban J connectivity index is 2.31. The lowest BCUT2D eigenvalue weighted by molar-refractivity contribution is -0.127. The van der Waals surface area contributed by atoms with Crippen LogP contribution in [0.1, 0.15) is 18.9 Å². The third-order valence-corrected chi connectivity index (χ3v) is 3.19. The summed E-state index contributed by atoms with van der Waals surface area (Å²) in [5, 5.41) is 0. The lowest BCUT2D eigenvalue weighted by Crippen LogP contribution is -2.41. The topological polar surface area (TPSA) is 55.6 Å². The molecule has 1 aromatic rings. The molecular weight excluding hydrogens is 216 g/mol. The van der Waals surface area contributed by atoms with Crippen LogP contribution in [0.3, 0.4) is 0 Å². The number of anilines is 2. The number of carbonyl (C=O) groups is 1. The first-order valence-electron chi connectivity index (χ1n) is 5.86. The molecule has 2 N–H and O–H groups in total. The summed E-state index contributed by atoms with van der Waals surface area (Å²) in [5.74, 6) is 0.0122. The molecule has 1 aliphatic rings. The average Bonchev–Trinajstić information content (AvgIpc) is 2.35. The van der Waals surface area contributed by atoms with Crippen LogP contribution in [0.2, 0.25) is 0 Å². The van der Waals surface area contributed by atoms with E-state index in [1.807, 2.05) is 18.2 Å². The predicted molar refractivity (Wildman–Crippen MR) is 68.0 cm³/mol. The number of fused-ring (bicyclic) bond motifs is 1. The number of nitrogen functional groups attached to an aromatic ring is 1. The van der Waals surface area contributed by atoms with E-state index >= 15 is 0 Å². The van der Waals surface area contributed by atoms with E-state index < -0.39 is 6.10 Å². The number of carbonyl (C=O) groups excluding carboxylic acids is 1. The number of rotatable bonds is 2. The Morgan fingerprint density at radius 3 is 3.00 bits per heavy atom. The molecule has 1 unspecified atom stereocenters. The van der Waals surface area contributed by atoms with E-state index in [-0.39, 0.29) is 5.91 Å². The molecule has 1 aliphatic heterocycles. The summed E-state index contributed by atoms with van der Waals surface area (Å²) in [6.07, 6.45) is 1.54. The fourth-order valence-electron chi connectivity index (χ4n) is 2.17. The molecule has 0 fully saturated rings. The van der Waals surface area contributed by atoms with Crippen LogP contribution in [-0.4, -0.2) is 25.7 Å². The molecular formula is C13H18N2O2. The van der Waals surface area contributed by atoms with Gasteiger partial charge in [0.1, 0.15) is 6.10 Å². The SMILES string of the molecule is COC(C)C(=O)N1CCCc2cc(N)ccc21. The van der Waals surface area contributed by atoms with Gasteiger partial charge in [-0.1, -0.05) is 0 Å². The van der Waals surface area contributed by atoms with Crippen LogP contribution >= 0.6 is 0 Å². The van der Waals surface area contributed by atoms with E-state index in [1.165, 1.54) is 0 Å². The second kappa shape index (κ2) is 4.75. The molecule has 1 aromatic carbocycles. The fourth-order valence-corrected chi connectivity index (χ4v) is 2.17. The standard InChI is InChI=1S/C13H18N2O2/c1-9(17-2)13(16)15-7-3-4-10-8-11(14)5-6-12(10)15/h5-6,8-9H,3-4,7,14H2,1-2H3. The van der Waals surface area contributed by atoms with Gasteiger partial charge in [-0.15, -0.1) is 0 Å². The van der Waals surface area contributed by atoms with Gasteiger partial charge in [-0.05, 0) is 43.5 Å². The molecule has 0 spiro atoms. The van der Waals surface area contributed by atoms with Gasteiger partial charge >= 0.3 is 0 Å². The third-order valence-electron chi connectivity index (χ3n) is 3.19. The summed E-state index contributed by atoms with van der Waals surface area (Å²) in [7, 11) is 1.55. The third kappa shape index (κ3) is 2.26. The number of hydrogen-bond acceptors (Lipinski definition) is 3. The minimum Gasteiger partial charge on any atom is -0.399 e. The Hall–Kier alpha value is -1.55. The van der Waals surface area contributed by atoms with Gasteiger partial charge in [0.25, 0.3) is 5.91 Å². The highest BCUT2D eigenvalue weighted by molar-refractivity contribution is 5.97. The molecule has 0 radical (unpaired) electrons. The van der Waals surface area contributed by atoms with Crippen molar-refractivity contribution in [1.29, 1.82) is 0 Å². The Labute approximate surface area is 101 Å². The lowest BCUT2D eigenvalue weighted by Gasteiger charge is -2.31. The van der Waals surface area contributed by atoms with Gasteiger partial charge in [0.15, 0.2) is 0 Å². The predicted octanol–water partition coefficient (Wildman–Crippen LogP) is 1.58. The minimum absolute atomic E-state index is 0.0122. The molecule has 2 rings (SSSR count). The number of aryl methyl sites for hydroxylation is 1. The number of benzene rings is 1. The van der Waals surface area contributed by atoms with Gasteiger partial charge in [-0.3, -0.25) is 4.79 Å². The van der Waals surface area contributed by atoms with E-state index in [1.54, 1.807) is 18.9 Å². The van der Waals surface area contributed by atoms with E-state index in [2.05, 4.69) is 0 Å². The molecule has 1 heterocycles. The largest absolute Gasteiger partial charge is 0.399 e. The highest BCUT2D eigenvalue weighted by Gasteiger charge is 2.26. The first kappa shape index (κ1) is 11.9. The zero-order valence-corrected chi connectivity index (χ0v) is 10.3. The van der Waals surface area contributed by atoms with Crippen molar-refractivity contribution in [3.63, 3.8) is 0 Å². The summed E-state index contributed by atoms with van der Waals surface area (Å²) in [6, 6.07) is 5.71. The first-order valence-corrected chi connectivity index (χ1v) is 5.86. The number of ether oxygens (including phenoxy) is 1. The Morgan fingerprint density at radius 2 is 2.29 bits per heavy atom. The van der Waals surface area contributed by atoms with Crippen LogP contribution in [0.15, 0.2) is 18.2 Å². The molecule has 0 bridgehead atoms. The van der Waals surface area contributed by atoms with Gasteiger partial charge in [-0.25, -0.2) is 0 Å². The van der Waals surface area contributed by atoms with Gasteiger partial charge in [0, 0.05) is 25.0 Å². The molecule has 17 heavy (non-hydrogen) atoms. The van der Waals surface area contributed by atoms with Crippen molar-refractivity contribution >= 4 is 17.3 Å². The molecule has 0 aromatic heterocycles. The van der Waals surface area contributed by atoms with E-state index in [0.29, 0.717) is 0 Å². The van der Waals surface area contributed by atoms with Gasteiger partial charge in [0.05, 0.1) is 0 Å². The zero-order chi connectivity index (χ0) is 12.4. The molecule has 0 saturated carbocycles. The van der Waals surface area contributed by atoms with Crippen molar-refractivity contribution in [2.75, 3.05) is 24.3 Å². The molecule has 4 nitrogen and oxygen atoms in total. The van der Waals surface area contributed by atoms with Gasteiger partial charge in [-0.2, -0.15) is 0 Å². The van der Waals surface area contributed by atoms with Crippen LogP contribution in [0.25, 0.3) is 0 Å². The zero-order valence-electron chi connectivity index (χ0n) is 10.3. The van der Waals surface area contributed by atoms with Crippen molar-refractivity contribution < 1.29 is 9.53 Å². The van der Waals surface area contributed by atoms with Crippen LogP contribution in [0, 0.1) is 0 Å². The number of nitrogens with two attached hydrogens (primary N) is 1. The first-order chi connectivity index (χ1) is 8.13. The normalized spacial score (nSPS) is 16.5. The minimum atomic E-state index is -0.404. The van der Waals surface area contributed by atoms with Crippen LogP contribution in [-0.2, 0) is 16.0 Å². The Morgan fingerprint density at radius 1 is 1.53 bits per heavy atom. The molecule has 4 heteroatoms. The van der Waals surface area contributed by atoms with E-state index in [9.17, 15) is 4.79 Å². The average molecular weight is 234 g/mol. The fraction of sp³-hybridized carbons (Fsp3) is 0.462. The Kier molecular flexibility index (Phi) is 3.33. The molecule has 0 aliphatic carbocycles. The van der Waals surface area contributed by atoms with Crippen LogP contribution < -0.4 is 10.6 Å². The number of nitrogens with zero attached hydrogens (tertiary/aromatic N) is 1. The summed E-state index contributed by atoms with van der Waals surface area (Å²) >= 11 is 0. The number of amides is 1. The van der Waals surface area contributed by atoms with Gasteiger partial charge < -0.3 is 15.4 Å². The summed E-state index contributed by atoms with van der Waals surface area (Å²) in [5.41, 5.74) is 8.63. The number of methoxy groups -OCH3 is 1. The second-order valence-electron chi connectivity index (χ2n) is 4.36. The maximum atomic E-state index is 12.1. The summed E-state index contributed by atoms with van der Waals surface area (Å²) < 4.78 is 5.09. The molecule has 0 saturated heterocycles. The van der Waals surface area contributed by atoms with E-state index in [4.69, 9.17) is 10.5 Å². The highest BCUT2D eigenvalue weighted by atomic mass is 16.5. The lowest BCUT2D eigenvalue weighted by atomic mass is 10.0. The maximum absolute atomic E-state index is 12.1. The quantitative estimate of drug-likeness (QED) is 0.790. The van der Waals surface area contributed by atoms with Gasteiger partial charge in [0.2, 0.25) is 0 Å². The monoisotopic (exact) mass is 234 g/mol. The van der Waals surface area contributed by atoms with Crippen molar-refractivity contribution in [1.82, 2.24) is 0 Å². The molecule has 92 valence electrons. The van der Waals surface area contributed by atoms with E-state index in [0.717, 1.165) is 36.3 Å². The summed E-state index contributed by atoms with van der Waals surface area (Å²) in [4.78, 5) is 13.9. The van der Waals surface area contributed by atoms with Crippen LogP contribution in [0.4, 0.5) is 11.4 Å². The summed E-state index contributed by atoms with van der Waals surface area (Å²) in [6.45, 7) is 2.53. The Bertz CT molecular complexity index is 431. The van der Waals surface area contributed by atoms with Crippen LogP contribution in [0.5, 0.6) is 0 Å². The van der Waals surface area contributed by atoms with Crippen molar-refractivity contribution in [3.05, 3.63) is 23.8 Å². The van der Waals surface area contributed by atoms with Crippen molar-refractivity contribution in [3.8, 4) is 0 Å². The number of hydrogen-bond donors (Lipinski definition) is 1. The highest BCUT2D eigenvalue weighted by Crippen LogP contribution is 2.29. The molecule has 1 atom stereocenters. The van der Waals surface area contributed by atoms with Crippen molar-refractivity contribution in [2.45, 2.75) is 25.9 Å². The smallest absolute Gasteiger partial charge is 0.255 e. The second-order valence-corrected chi connectivity index (χ2v) is 4.36. The maximum Gasteiger partial charge on any atom is 0.255 e. The molecule has 1 amide bonds. The van der Waals surface area contributed by atoms with Crippen molar-refractivity contribution in [2.24, 2.45) is 0 Å².